The molecule has 1 aliphatic heterocycles. The Kier molecular flexibility index (Phi) is 3.66. The first-order valence-electron chi connectivity index (χ1n) is 4.68. The predicted molar refractivity (Wildman–Crippen MR) is 51.6 cm³/mol. The van der Waals surface area contributed by atoms with Crippen LogP contribution in [0.1, 0.15) is 13.8 Å². The Morgan fingerprint density at radius 2 is 2.21 bits per heavy atom. The molecule has 4 heteroatoms. The third-order valence-corrected chi connectivity index (χ3v) is 2.45. The van der Waals surface area contributed by atoms with Gasteiger partial charge in [0.2, 0.25) is 5.79 Å². The summed E-state index contributed by atoms with van der Waals surface area (Å²) in [5.74, 6) is -0.767. The first-order chi connectivity index (χ1) is 6.59. The van der Waals surface area contributed by atoms with Crippen LogP contribution >= 0.6 is 0 Å². The standard InChI is InChI=1S/C10H18O4/c1-7(2)8-5-9(12-3)14-10(8,6-11)13-4/h5,7,9,11H,6H2,1-4H3. The van der Waals surface area contributed by atoms with Crippen LogP contribution in [0, 0.1) is 5.92 Å². The van der Waals surface area contributed by atoms with Gasteiger partial charge in [0.1, 0.15) is 6.61 Å². The van der Waals surface area contributed by atoms with E-state index in [0.717, 1.165) is 5.57 Å². The number of methoxy groups -OCH3 is 2. The monoisotopic (exact) mass is 202 g/mol. The van der Waals surface area contributed by atoms with Crippen molar-refractivity contribution in [2.45, 2.75) is 25.9 Å². The fourth-order valence-corrected chi connectivity index (χ4v) is 1.67. The van der Waals surface area contributed by atoms with Gasteiger partial charge >= 0.3 is 0 Å². The fraction of sp³-hybridized carbons (Fsp3) is 0.800. The van der Waals surface area contributed by atoms with Crippen LogP contribution in [0.4, 0.5) is 0 Å². The lowest BCUT2D eigenvalue weighted by molar-refractivity contribution is -0.261. The van der Waals surface area contributed by atoms with Gasteiger partial charge < -0.3 is 19.3 Å². The number of hydrogen-bond donors (Lipinski definition) is 1. The molecule has 0 aromatic heterocycles. The summed E-state index contributed by atoms with van der Waals surface area (Å²) in [5.41, 5.74) is 0.925. The SMILES string of the molecule is COC1C=C(C(C)C)C(CO)(OC)O1. The van der Waals surface area contributed by atoms with Gasteiger partial charge in [0.15, 0.2) is 6.29 Å². The van der Waals surface area contributed by atoms with Gasteiger partial charge in [0.05, 0.1) is 0 Å². The lowest BCUT2D eigenvalue weighted by Crippen LogP contribution is -2.40. The van der Waals surface area contributed by atoms with Crippen LogP contribution in [-0.2, 0) is 14.2 Å². The number of aliphatic hydroxyl groups excluding tert-OH is 1. The molecule has 1 heterocycles. The van der Waals surface area contributed by atoms with Gasteiger partial charge in [-0.15, -0.1) is 0 Å². The van der Waals surface area contributed by atoms with Crippen LogP contribution in [0.25, 0.3) is 0 Å². The van der Waals surface area contributed by atoms with Gasteiger partial charge in [-0.05, 0) is 17.6 Å². The van der Waals surface area contributed by atoms with Crippen LogP contribution in [0.15, 0.2) is 11.6 Å². The molecule has 0 amide bonds. The molecule has 2 atom stereocenters. The molecule has 0 aliphatic carbocycles. The summed E-state index contributed by atoms with van der Waals surface area (Å²) in [6.45, 7) is 3.85. The second-order valence-corrected chi connectivity index (χ2v) is 3.61. The molecule has 0 bridgehead atoms. The molecule has 82 valence electrons. The summed E-state index contributed by atoms with van der Waals surface area (Å²) < 4.78 is 15.8. The van der Waals surface area contributed by atoms with E-state index in [2.05, 4.69) is 0 Å². The summed E-state index contributed by atoms with van der Waals surface area (Å²) in [4.78, 5) is 0. The van der Waals surface area contributed by atoms with E-state index in [9.17, 15) is 5.11 Å². The highest BCUT2D eigenvalue weighted by atomic mass is 16.8. The van der Waals surface area contributed by atoms with Crippen molar-refractivity contribution in [2.24, 2.45) is 5.92 Å². The highest BCUT2D eigenvalue weighted by Crippen LogP contribution is 2.36. The van der Waals surface area contributed by atoms with Gasteiger partial charge in [-0.3, -0.25) is 0 Å². The third-order valence-electron chi connectivity index (χ3n) is 2.45. The lowest BCUT2D eigenvalue weighted by atomic mass is 9.96. The van der Waals surface area contributed by atoms with Crippen LogP contribution in [0.3, 0.4) is 0 Å². The zero-order chi connectivity index (χ0) is 10.8. The Bertz CT molecular complexity index is 218. The van der Waals surface area contributed by atoms with Crippen LogP contribution < -0.4 is 0 Å². The summed E-state index contributed by atoms with van der Waals surface area (Å²) in [5, 5.41) is 9.30. The van der Waals surface area contributed by atoms with Gasteiger partial charge in [-0.2, -0.15) is 0 Å². The number of aliphatic hydroxyl groups is 1. The van der Waals surface area contributed by atoms with Crippen molar-refractivity contribution in [1.82, 2.24) is 0 Å². The minimum absolute atomic E-state index is 0.201. The molecule has 0 aromatic rings. The maximum Gasteiger partial charge on any atom is 0.217 e. The third kappa shape index (κ3) is 1.83. The van der Waals surface area contributed by atoms with Gasteiger partial charge in [0, 0.05) is 14.2 Å². The van der Waals surface area contributed by atoms with Gasteiger partial charge in [-0.1, -0.05) is 13.8 Å². The van der Waals surface area contributed by atoms with Crippen molar-refractivity contribution in [3.8, 4) is 0 Å². The van der Waals surface area contributed by atoms with Gasteiger partial charge in [0.25, 0.3) is 0 Å². The van der Waals surface area contributed by atoms with E-state index >= 15 is 0 Å². The predicted octanol–water partition coefficient (Wildman–Crippen LogP) is 0.906. The van der Waals surface area contributed by atoms with E-state index in [0.29, 0.717) is 0 Å². The number of rotatable bonds is 4. The first-order valence-corrected chi connectivity index (χ1v) is 4.68. The topological polar surface area (TPSA) is 47.9 Å². The van der Waals surface area contributed by atoms with Crippen LogP contribution in [-0.4, -0.2) is 38.0 Å². The molecular weight excluding hydrogens is 184 g/mol. The van der Waals surface area contributed by atoms with E-state index in [1.807, 2.05) is 19.9 Å². The smallest absolute Gasteiger partial charge is 0.217 e. The minimum Gasteiger partial charge on any atom is -0.390 e. The highest BCUT2D eigenvalue weighted by molar-refractivity contribution is 5.21. The lowest BCUT2D eigenvalue weighted by Gasteiger charge is -2.30. The normalized spacial score (nSPS) is 32.4. The number of hydrogen-bond acceptors (Lipinski definition) is 4. The Morgan fingerprint density at radius 3 is 2.50 bits per heavy atom. The molecule has 1 rings (SSSR count). The average molecular weight is 202 g/mol. The molecule has 0 aromatic carbocycles. The maximum absolute atomic E-state index is 9.30. The molecule has 0 spiro atoms. The van der Waals surface area contributed by atoms with E-state index in [-0.39, 0.29) is 12.5 Å². The van der Waals surface area contributed by atoms with Crippen LogP contribution in [0.2, 0.25) is 0 Å². The van der Waals surface area contributed by atoms with Crippen LogP contribution in [0.5, 0.6) is 0 Å². The molecule has 2 unspecified atom stereocenters. The van der Waals surface area contributed by atoms with Crippen molar-refractivity contribution in [3.63, 3.8) is 0 Å². The van der Waals surface area contributed by atoms with Crippen molar-refractivity contribution in [2.75, 3.05) is 20.8 Å². The van der Waals surface area contributed by atoms with Crippen molar-refractivity contribution < 1.29 is 19.3 Å². The maximum atomic E-state index is 9.30. The van der Waals surface area contributed by atoms with Crippen molar-refractivity contribution in [1.29, 1.82) is 0 Å². The Labute approximate surface area is 84.5 Å². The summed E-state index contributed by atoms with van der Waals surface area (Å²) in [6.07, 6.45) is 1.42. The molecule has 0 fully saturated rings. The summed E-state index contributed by atoms with van der Waals surface area (Å²) in [6, 6.07) is 0. The van der Waals surface area contributed by atoms with E-state index in [1.54, 1.807) is 7.11 Å². The highest BCUT2D eigenvalue weighted by Gasteiger charge is 2.43. The first kappa shape index (κ1) is 11.7. The quantitative estimate of drug-likeness (QED) is 0.688. The summed E-state index contributed by atoms with van der Waals surface area (Å²) in [7, 11) is 3.08. The van der Waals surface area contributed by atoms with Crippen molar-refractivity contribution in [3.05, 3.63) is 11.6 Å². The minimum atomic E-state index is -1.02. The number of ether oxygens (including phenoxy) is 3. The zero-order valence-corrected chi connectivity index (χ0v) is 9.11. The molecule has 4 nitrogen and oxygen atoms in total. The molecule has 0 saturated carbocycles. The Balaban J connectivity index is 2.93. The molecular formula is C10H18O4. The molecule has 14 heavy (non-hydrogen) atoms. The largest absolute Gasteiger partial charge is 0.390 e. The van der Waals surface area contributed by atoms with Crippen molar-refractivity contribution >= 4 is 0 Å². The molecule has 0 radical (unpaired) electrons. The molecule has 1 N–H and O–H groups in total. The second kappa shape index (κ2) is 4.40. The zero-order valence-electron chi connectivity index (χ0n) is 9.11. The Hall–Kier alpha value is -0.420. The average Bonchev–Trinajstić information content (AvgIpc) is 2.57. The van der Waals surface area contributed by atoms with E-state index in [4.69, 9.17) is 14.2 Å². The molecule has 1 aliphatic rings. The second-order valence-electron chi connectivity index (χ2n) is 3.61. The summed E-state index contributed by atoms with van der Waals surface area (Å²) >= 11 is 0. The molecule has 0 saturated heterocycles. The van der Waals surface area contributed by atoms with E-state index < -0.39 is 12.1 Å². The van der Waals surface area contributed by atoms with E-state index in [1.165, 1.54) is 7.11 Å². The van der Waals surface area contributed by atoms with Gasteiger partial charge in [-0.25, -0.2) is 0 Å². The Morgan fingerprint density at radius 1 is 1.57 bits per heavy atom. The fourth-order valence-electron chi connectivity index (χ4n) is 1.67.